The Morgan fingerprint density at radius 1 is 1.17 bits per heavy atom. The molecule has 0 saturated carbocycles. The van der Waals surface area contributed by atoms with Gasteiger partial charge in [0.05, 0.1) is 28.6 Å². The van der Waals surface area contributed by atoms with Gasteiger partial charge in [-0.3, -0.25) is 4.57 Å². The molecule has 4 rings (SSSR count). The molecule has 0 saturated heterocycles. The molecule has 0 radical (unpaired) electrons. The summed E-state index contributed by atoms with van der Waals surface area (Å²) in [7, 11) is 1.77. The van der Waals surface area contributed by atoms with E-state index < -0.39 is 0 Å². The maximum Gasteiger partial charge on any atom is 0.354 e. The van der Waals surface area contributed by atoms with Gasteiger partial charge < -0.3 is 10.3 Å². The standard InChI is InChI=1S/C17H15N5O/c1-10-3-5-12-15(7-10)22(17(23)21-16(12)18-2)11-4-6-13-14(8-11)20-9-19-13/h3-9H,1-2H3,(H,19,20)(H,18,21,23). The van der Waals surface area contributed by atoms with Gasteiger partial charge in [-0.2, -0.15) is 4.98 Å². The molecular weight excluding hydrogens is 290 g/mol. The molecule has 0 fully saturated rings. The molecule has 0 unspecified atom stereocenters. The van der Waals surface area contributed by atoms with Gasteiger partial charge in [0.1, 0.15) is 5.82 Å². The van der Waals surface area contributed by atoms with Gasteiger partial charge in [-0.05, 0) is 42.8 Å². The molecule has 0 aliphatic carbocycles. The van der Waals surface area contributed by atoms with E-state index in [1.54, 1.807) is 17.9 Å². The molecule has 4 aromatic rings. The van der Waals surface area contributed by atoms with Crippen LogP contribution in [0.5, 0.6) is 0 Å². The molecule has 0 spiro atoms. The second-order valence-corrected chi connectivity index (χ2v) is 5.45. The quantitative estimate of drug-likeness (QED) is 0.597. The Kier molecular flexibility index (Phi) is 2.90. The van der Waals surface area contributed by atoms with E-state index in [1.165, 1.54) is 0 Å². The van der Waals surface area contributed by atoms with Crippen molar-refractivity contribution < 1.29 is 0 Å². The van der Waals surface area contributed by atoms with Gasteiger partial charge in [0.15, 0.2) is 0 Å². The van der Waals surface area contributed by atoms with E-state index in [2.05, 4.69) is 20.3 Å². The van der Waals surface area contributed by atoms with E-state index >= 15 is 0 Å². The van der Waals surface area contributed by atoms with Crippen molar-refractivity contribution in [2.24, 2.45) is 0 Å². The van der Waals surface area contributed by atoms with Crippen LogP contribution in [0.25, 0.3) is 27.6 Å². The number of fused-ring (bicyclic) bond motifs is 2. The number of hydrogen-bond donors (Lipinski definition) is 2. The highest BCUT2D eigenvalue weighted by atomic mass is 16.1. The van der Waals surface area contributed by atoms with Crippen molar-refractivity contribution in [1.82, 2.24) is 19.5 Å². The summed E-state index contributed by atoms with van der Waals surface area (Å²) in [4.78, 5) is 24.0. The lowest BCUT2D eigenvalue weighted by atomic mass is 10.1. The highest BCUT2D eigenvalue weighted by Crippen LogP contribution is 2.24. The Balaban J connectivity index is 2.11. The summed E-state index contributed by atoms with van der Waals surface area (Å²) < 4.78 is 1.63. The summed E-state index contributed by atoms with van der Waals surface area (Å²) in [5, 5.41) is 3.90. The average Bonchev–Trinajstić information content (AvgIpc) is 3.01. The van der Waals surface area contributed by atoms with Crippen molar-refractivity contribution in [2.75, 3.05) is 12.4 Å². The largest absolute Gasteiger partial charge is 0.372 e. The monoisotopic (exact) mass is 305 g/mol. The molecule has 2 aromatic heterocycles. The Morgan fingerprint density at radius 2 is 2.04 bits per heavy atom. The topological polar surface area (TPSA) is 75.6 Å². The van der Waals surface area contributed by atoms with Gasteiger partial charge in [-0.1, -0.05) is 6.07 Å². The summed E-state index contributed by atoms with van der Waals surface area (Å²) in [5.41, 5.74) is 4.11. The number of nitrogens with zero attached hydrogens (tertiary/aromatic N) is 3. The van der Waals surface area contributed by atoms with Gasteiger partial charge in [0, 0.05) is 12.4 Å². The number of aryl methyl sites for hydroxylation is 1. The van der Waals surface area contributed by atoms with Crippen molar-refractivity contribution in [2.45, 2.75) is 6.92 Å². The second-order valence-electron chi connectivity index (χ2n) is 5.45. The van der Waals surface area contributed by atoms with E-state index in [0.717, 1.165) is 33.2 Å². The lowest BCUT2D eigenvalue weighted by molar-refractivity contribution is 0.961. The number of aromatic nitrogens is 4. The minimum Gasteiger partial charge on any atom is -0.372 e. The van der Waals surface area contributed by atoms with Crippen LogP contribution in [0.1, 0.15) is 5.56 Å². The third-order valence-corrected chi connectivity index (χ3v) is 3.95. The average molecular weight is 305 g/mol. The lowest BCUT2D eigenvalue weighted by Crippen LogP contribution is -2.23. The van der Waals surface area contributed by atoms with Crippen LogP contribution < -0.4 is 11.0 Å². The molecule has 6 heteroatoms. The zero-order chi connectivity index (χ0) is 16.0. The van der Waals surface area contributed by atoms with E-state index in [1.807, 2.05) is 43.3 Å². The normalized spacial score (nSPS) is 11.2. The van der Waals surface area contributed by atoms with E-state index in [9.17, 15) is 4.79 Å². The minimum absolute atomic E-state index is 0.314. The van der Waals surface area contributed by atoms with E-state index in [-0.39, 0.29) is 5.69 Å². The van der Waals surface area contributed by atoms with Crippen LogP contribution in [0, 0.1) is 6.92 Å². The predicted octanol–water partition coefficient (Wildman–Crippen LogP) is 2.61. The van der Waals surface area contributed by atoms with Gasteiger partial charge in [0.25, 0.3) is 0 Å². The smallest absolute Gasteiger partial charge is 0.354 e. The van der Waals surface area contributed by atoms with Crippen molar-refractivity contribution in [1.29, 1.82) is 0 Å². The zero-order valence-corrected chi connectivity index (χ0v) is 12.8. The molecule has 2 aromatic carbocycles. The fourth-order valence-electron chi connectivity index (χ4n) is 2.84. The van der Waals surface area contributed by atoms with Crippen molar-refractivity contribution in [3.63, 3.8) is 0 Å². The fraction of sp³-hybridized carbons (Fsp3) is 0.118. The first-order valence-corrected chi connectivity index (χ1v) is 7.32. The van der Waals surface area contributed by atoms with Gasteiger partial charge in [0.2, 0.25) is 0 Å². The Morgan fingerprint density at radius 3 is 2.87 bits per heavy atom. The van der Waals surface area contributed by atoms with Gasteiger partial charge in [-0.25, -0.2) is 9.78 Å². The summed E-state index contributed by atoms with van der Waals surface area (Å²) in [6, 6.07) is 11.7. The van der Waals surface area contributed by atoms with Crippen LogP contribution in [-0.2, 0) is 0 Å². The molecule has 0 aliphatic rings. The molecule has 2 heterocycles. The Bertz CT molecular complexity index is 1090. The molecule has 0 atom stereocenters. The van der Waals surface area contributed by atoms with Gasteiger partial charge in [-0.15, -0.1) is 0 Å². The summed E-state index contributed by atoms with van der Waals surface area (Å²) in [6.45, 7) is 2.01. The predicted molar refractivity (Wildman–Crippen MR) is 91.3 cm³/mol. The Hall–Kier alpha value is -3.15. The van der Waals surface area contributed by atoms with Crippen LogP contribution in [0.2, 0.25) is 0 Å². The number of benzene rings is 2. The maximum absolute atomic E-state index is 12.6. The van der Waals surface area contributed by atoms with Crippen LogP contribution >= 0.6 is 0 Å². The highest BCUT2D eigenvalue weighted by Gasteiger charge is 2.12. The molecule has 0 aliphatic heterocycles. The summed E-state index contributed by atoms with van der Waals surface area (Å²) in [5.74, 6) is 0.587. The molecular formula is C17H15N5O. The molecule has 0 bridgehead atoms. The number of anilines is 1. The first-order valence-electron chi connectivity index (χ1n) is 7.32. The molecule has 23 heavy (non-hydrogen) atoms. The van der Waals surface area contributed by atoms with E-state index in [0.29, 0.717) is 5.82 Å². The lowest BCUT2D eigenvalue weighted by Gasteiger charge is -2.13. The van der Waals surface area contributed by atoms with Crippen molar-refractivity contribution >= 4 is 27.8 Å². The van der Waals surface area contributed by atoms with Gasteiger partial charge >= 0.3 is 5.69 Å². The van der Waals surface area contributed by atoms with E-state index in [4.69, 9.17) is 0 Å². The third-order valence-electron chi connectivity index (χ3n) is 3.95. The van der Waals surface area contributed by atoms with Crippen LogP contribution in [0.15, 0.2) is 47.5 Å². The van der Waals surface area contributed by atoms with Crippen molar-refractivity contribution in [3.05, 3.63) is 58.8 Å². The third kappa shape index (κ3) is 2.07. The number of H-pyrrole nitrogens is 1. The minimum atomic E-state index is -0.314. The number of imidazole rings is 1. The molecule has 114 valence electrons. The molecule has 6 nitrogen and oxygen atoms in total. The summed E-state index contributed by atoms with van der Waals surface area (Å²) in [6.07, 6.45) is 1.64. The van der Waals surface area contributed by atoms with Crippen molar-refractivity contribution in [3.8, 4) is 5.69 Å². The van der Waals surface area contributed by atoms with Crippen LogP contribution in [0.4, 0.5) is 5.82 Å². The number of nitrogens with one attached hydrogen (secondary N) is 2. The molecule has 2 N–H and O–H groups in total. The zero-order valence-electron chi connectivity index (χ0n) is 12.8. The SMILES string of the molecule is CNc1nc(=O)n(-c2ccc3nc[nH]c3c2)c2cc(C)ccc12. The molecule has 0 amide bonds. The number of aromatic amines is 1. The highest BCUT2D eigenvalue weighted by molar-refractivity contribution is 5.91. The second kappa shape index (κ2) is 4.95. The maximum atomic E-state index is 12.6. The summed E-state index contributed by atoms with van der Waals surface area (Å²) >= 11 is 0. The van der Waals surface area contributed by atoms with Crippen LogP contribution in [0.3, 0.4) is 0 Å². The fourth-order valence-corrected chi connectivity index (χ4v) is 2.84. The Labute approximate surface area is 131 Å². The number of rotatable bonds is 2. The number of hydrogen-bond acceptors (Lipinski definition) is 4. The first-order chi connectivity index (χ1) is 11.2. The van der Waals surface area contributed by atoms with Crippen LogP contribution in [-0.4, -0.2) is 26.6 Å². The first kappa shape index (κ1) is 13.5.